The van der Waals surface area contributed by atoms with Gasteiger partial charge in [-0.1, -0.05) is 29.8 Å². The van der Waals surface area contributed by atoms with Gasteiger partial charge in [-0.2, -0.15) is 5.10 Å². The molecule has 96 valence electrons. The molecule has 0 radical (unpaired) electrons. The average Bonchev–Trinajstić information content (AvgIpc) is 2.74. The van der Waals surface area contributed by atoms with Gasteiger partial charge in [0.05, 0.1) is 0 Å². The number of rotatable bonds is 5. The standard InChI is InChI=1S/C13H19N5/c1-10-4-3-5-11(6-10)7-12(17-14)8-13-15-9-16-18(13)2/h3-6,9,12,17H,7-8,14H2,1-2H3. The summed E-state index contributed by atoms with van der Waals surface area (Å²) in [5.41, 5.74) is 5.40. The fourth-order valence-corrected chi connectivity index (χ4v) is 2.04. The van der Waals surface area contributed by atoms with E-state index < -0.39 is 0 Å². The Labute approximate surface area is 107 Å². The van der Waals surface area contributed by atoms with Crippen molar-refractivity contribution in [3.05, 3.63) is 47.5 Å². The van der Waals surface area contributed by atoms with E-state index in [1.165, 1.54) is 11.1 Å². The lowest BCUT2D eigenvalue weighted by Gasteiger charge is -2.15. The highest BCUT2D eigenvalue weighted by atomic mass is 15.3. The van der Waals surface area contributed by atoms with Crippen molar-refractivity contribution < 1.29 is 0 Å². The molecule has 1 unspecified atom stereocenters. The number of hydrogen-bond acceptors (Lipinski definition) is 4. The third kappa shape index (κ3) is 3.15. The maximum Gasteiger partial charge on any atom is 0.138 e. The predicted octanol–water partition coefficient (Wildman–Crippen LogP) is 0.741. The molecular weight excluding hydrogens is 226 g/mol. The van der Waals surface area contributed by atoms with E-state index >= 15 is 0 Å². The summed E-state index contributed by atoms with van der Waals surface area (Å²) >= 11 is 0. The highest BCUT2D eigenvalue weighted by Gasteiger charge is 2.12. The Kier molecular flexibility index (Phi) is 4.07. The van der Waals surface area contributed by atoms with Crippen molar-refractivity contribution in [2.75, 3.05) is 0 Å². The van der Waals surface area contributed by atoms with Crippen LogP contribution in [0.2, 0.25) is 0 Å². The third-order valence-corrected chi connectivity index (χ3v) is 3.03. The fourth-order valence-electron chi connectivity index (χ4n) is 2.04. The molecule has 0 aliphatic carbocycles. The second-order valence-corrected chi connectivity index (χ2v) is 4.56. The largest absolute Gasteiger partial charge is 0.271 e. The van der Waals surface area contributed by atoms with Gasteiger partial charge in [-0.25, -0.2) is 4.98 Å². The van der Waals surface area contributed by atoms with E-state index in [1.807, 2.05) is 7.05 Å². The first-order chi connectivity index (χ1) is 8.69. The predicted molar refractivity (Wildman–Crippen MR) is 70.7 cm³/mol. The molecular formula is C13H19N5. The lowest BCUT2D eigenvalue weighted by molar-refractivity contribution is 0.499. The molecule has 2 aromatic rings. The Morgan fingerprint density at radius 1 is 1.39 bits per heavy atom. The van der Waals surface area contributed by atoms with Crippen LogP contribution in [0.25, 0.3) is 0 Å². The van der Waals surface area contributed by atoms with Crippen molar-refractivity contribution in [1.29, 1.82) is 0 Å². The van der Waals surface area contributed by atoms with Crippen LogP contribution in [0.4, 0.5) is 0 Å². The topological polar surface area (TPSA) is 68.8 Å². The van der Waals surface area contributed by atoms with Crippen molar-refractivity contribution >= 4 is 0 Å². The van der Waals surface area contributed by atoms with E-state index in [4.69, 9.17) is 5.84 Å². The fraction of sp³-hybridized carbons (Fsp3) is 0.385. The number of nitrogens with two attached hydrogens (primary N) is 1. The molecule has 5 heteroatoms. The van der Waals surface area contributed by atoms with Gasteiger partial charge in [0.1, 0.15) is 12.2 Å². The molecule has 1 aromatic carbocycles. The van der Waals surface area contributed by atoms with Crippen molar-refractivity contribution in [2.45, 2.75) is 25.8 Å². The van der Waals surface area contributed by atoms with Crippen LogP contribution < -0.4 is 11.3 Å². The van der Waals surface area contributed by atoms with Crippen LogP contribution in [-0.4, -0.2) is 20.8 Å². The minimum Gasteiger partial charge on any atom is -0.271 e. The Balaban J connectivity index is 2.04. The zero-order chi connectivity index (χ0) is 13.0. The van der Waals surface area contributed by atoms with Gasteiger partial charge in [0.15, 0.2) is 0 Å². The van der Waals surface area contributed by atoms with Crippen LogP contribution in [0.15, 0.2) is 30.6 Å². The average molecular weight is 245 g/mol. The van der Waals surface area contributed by atoms with Gasteiger partial charge in [0.25, 0.3) is 0 Å². The second-order valence-electron chi connectivity index (χ2n) is 4.56. The summed E-state index contributed by atoms with van der Waals surface area (Å²) in [6.45, 7) is 2.09. The minimum absolute atomic E-state index is 0.162. The molecule has 0 aliphatic heterocycles. The van der Waals surface area contributed by atoms with Crippen molar-refractivity contribution in [1.82, 2.24) is 20.2 Å². The molecule has 2 rings (SSSR count). The number of hydrogen-bond donors (Lipinski definition) is 2. The highest BCUT2D eigenvalue weighted by molar-refractivity contribution is 5.23. The molecule has 0 amide bonds. The second kappa shape index (κ2) is 5.75. The summed E-state index contributed by atoms with van der Waals surface area (Å²) in [6.07, 6.45) is 3.21. The molecule has 0 fully saturated rings. The van der Waals surface area contributed by atoms with Gasteiger partial charge in [-0.15, -0.1) is 0 Å². The van der Waals surface area contributed by atoms with Crippen molar-refractivity contribution in [3.63, 3.8) is 0 Å². The van der Waals surface area contributed by atoms with Gasteiger partial charge in [0.2, 0.25) is 0 Å². The van der Waals surface area contributed by atoms with Gasteiger partial charge in [-0.3, -0.25) is 16.0 Å². The lowest BCUT2D eigenvalue weighted by atomic mass is 10.0. The van der Waals surface area contributed by atoms with Crippen LogP contribution >= 0.6 is 0 Å². The molecule has 0 saturated carbocycles. The van der Waals surface area contributed by atoms with E-state index in [1.54, 1.807) is 11.0 Å². The normalized spacial score (nSPS) is 12.6. The van der Waals surface area contributed by atoms with Crippen molar-refractivity contribution in [3.8, 4) is 0 Å². The SMILES string of the molecule is Cc1cccc(CC(Cc2ncnn2C)NN)c1. The van der Waals surface area contributed by atoms with Crippen molar-refractivity contribution in [2.24, 2.45) is 12.9 Å². The molecule has 0 saturated heterocycles. The maximum atomic E-state index is 5.62. The first kappa shape index (κ1) is 12.7. The van der Waals surface area contributed by atoms with E-state index in [-0.39, 0.29) is 6.04 Å². The summed E-state index contributed by atoms with van der Waals surface area (Å²) in [4.78, 5) is 4.22. The van der Waals surface area contributed by atoms with Crippen LogP contribution in [0, 0.1) is 6.92 Å². The molecule has 3 N–H and O–H groups in total. The van der Waals surface area contributed by atoms with Crippen LogP contribution in [0.5, 0.6) is 0 Å². The number of aromatic nitrogens is 3. The summed E-state index contributed by atoms with van der Waals surface area (Å²) in [6, 6.07) is 8.63. The molecule has 0 spiro atoms. The zero-order valence-electron chi connectivity index (χ0n) is 10.8. The number of nitrogens with zero attached hydrogens (tertiary/aromatic N) is 3. The number of hydrazine groups is 1. The summed E-state index contributed by atoms with van der Waals surface area (Å²) in [7, 11) is 1.89. The van der Waals surface area contributed by atoms with Gasteiger partial charge < -0.3 is 0 Å². The number of nitrogens with one attached hydrogen (secondary N) is 1. The molecule has 0 aliphatic rings. The number of aryl methyl sites for hydroxylation is 2. The van der Waals surface area contributed by atoms with Gasteiger partial charge in [-0.05, 0) is 18.9 Å². The van der Waals surface area contributed by atoms with Gasteiger partial charge in [0, 0.05) is 19.5 Å². The monoisotopic (exact) mass is 245 g/mol. The van der Waals surface area contributed by atoms with E-state index in [9.17, 15) is 0 Å². The lowest BCUT2D eigenvalue weighted by Crippen LogP contribution is -2.39. The quantitative estimate of drug-likeness (QED) is 0.602. The number of benzene rings is 1. The third-order valence-electron chi connectivity index (χ3n) is 3.03. The van der Waals surface area contributed by atoms with Gasteiger partial charge >= 0.3 is 0 Å². The Bertz CT molecular complexity index is 506. The smallest absolute Gasteiger partial charge is 0.138 e. The van der Waals surface area contributed by atoms with Crippen LogP contribution in [-0.2, 0) is 19.9 Å². The molecule has 18 heavy (non-hydrogen) atoms. The molecule has 5 nitrogen and oxygen atoms in total. The summed E-state index contributed by atoms with van der Waals surface area (Å²) in [5, 5.41) is 4.06. The molecule has 1 heterocycles. The Hall–Kier alpha value is -1.72. The molecule has 1 aromatic heterocycles. The summed E-state index contributed by atoms with van der Waals surface area (Å²) < 4.78 is 1.78. The van der Waals surface area contributed by atoms with E-state index in [0.717, 1.165) is 18.7 Å². The Morgan fingerprint density at radius 2 is 2.22 bits per heavy atom. The van der Waals surface area contributed by atoms with Crippen LogP contribution in [0.1, 0.15) is 17.0 Å². The van der Waals surface area contributed by atoms with E-state index in [0.29, 0.717) is 0 Å². The maximum absolute atomic E-state index is 5.62. The molecule has 1 atom stereocenters. The molecule has 0 bridgehead atoms. The zero-order valence-corrected chi connectivity index (χ0v) is 10.8. The first-order valence-electron chi connectivity index (χ1n) is 6.03. The minimum atomic E-state index is 0.162. The highest BCUT2D eigenvalue weighted by Crippen LogP contribution is 2.09. The van der Waals surface area contributed by atoms with E-state index in [2.05, 4.69) is 46.7 Å². The van der Waals surface area contributed by atoms with Crippen LogP contribution in [0.3, 0.4) is 0 Å². The first-order valence-corrected chi connectivity index (χ1v) is 6.03. The summed E-state index contributed by atoms with van der Waals surface area (Å²) in [5.74, 6) is 6.55. The Morgan fingerprint density at radius 3 is 2.83 bits per heavy atom.